The van der Waals surface area contributed by atoms with E-state index in [1.165, 1.54) is 4.90 Å². The van der Waals surface area contributed by atoms with Crippen LogP contribution >= 0.6 is 0 Å². The number of carbonyl (C=O) groups is 2. The fourth-order valence-corrected chi connectivity index (χ4v) is 1.86. The molecule has 0 heterocycles. The zero-order chi connectivity index (χ0) is 15.1. The van der Waals surface area contributed by atoms with E-state index < -0.39 is 0 Å². The minimum absolute atomic E-state index is 0.0497. The smallest absolute Gasteiger partial charge is 0.239 e. The molecule has 1 aromatic rings. The van der Waals surface area contributed by atoms with Gasteiger partial charge in [0, 0.05) is 25.2 Å². The van der Waals surface area contributed by atoms with E-state index in [9.17, 15) is 9.59 Å². The van der Waals surface area contributed by atoms with Crippen LogP contribution < -0.4 is 11.1 Å². The number of aryl methyl sites for hydroxylation is 1. The molecular formula is C15H23N3O2. The van der Waals surface area contributed by atoms with Crippen molar-refractivity contribution >= 4 is 17.5 Å². The van der Waals surface area contributed by atoms with Crippen LogP contribution in [0.25, 0.3) is 0 Å². The van der Waals surface area contributed by atoms with E-state index in [-0.39, 0.29) is 24.4 Å². The van der Waals surface area contributed by atoms with E-state index in [2.05, 4.69) is 5.32 Å². The number of anilines is 1. The molecule has 2 amide bonds. The number of nitrogens with two attached hydrogens (primary N) is 1. The van der Waals surface area contributed by atoms with Crippen molar-refractivity contribution in [3.63, 3.8) is 0 Å². The van der Waals surface area contributed by atoms with Crippen LogP contribution in [-0.2, 0) is 16.0 Å². The Morgan fingerprint density at radius 3 is 2.65 bits per heavy atom. The van der Waals surface area contributed by atoms with Crippen LogP contribution in [0, 0.1) is 0 Å². The van der Waals surface area contributed by atoms with Gasteiger partial charge in [-0.25, -0.2) is 0 Å². The molecule has 110 valence electrons. The van der Waals surface area contributed by atoms with Gasteiger partial charge in [-0.3, -0.25) is 9.59 Å². The van der Waals surface area contributed by atoms with Crippen molar-refractivity contribution in [1.29, 1.82) is 0 Å². The maximum atomic E-state index is 11.9. The fourth-order valence-electron chi connectivity index (χ4n) is 1.86. The van der Waals surface area contributed by atoms with Gasteiger partial charge in [0.05, 0.1) is 6.54 Å². The summed E-state index contributed by atoms with van der Waals surface area (Å²) in [6, 6.07) is 7.56. The van der Waals surface area contributed by atoms with Crippen molar-refractivity contribution in [3.8, 4) is 0 Å². The Labute approximate surface area is 120 Å². The van der Waals surface area contributed by atoms with E-state index in [4.69, 9.17) is 5.73 Å². The summed E-state index contributed by atoms with van der Waals surface area (Å²) in [5.41, 5.74) is 7.41. The minimum Gasteiger partial charge on any atom is -0.399 e. The standard InChI is InChI=1S/C15H23N3O2/c1-11(2)17-14(19)10-18(3)15(20)8-7-12-5-4-6-13(16)9-12/h4-6,9,11H,7-8,10,16H2,1-3H3,(H,17,19). The molecule has 5 heteroatoms. The number of likely N-dealkylation sites (N-methyl/N-ethyl adjacent to an activating group) is 1. The van der Waals surface area contributed by atoms with E-state index in [1.807, 2.05) is 38.1 Å². The predicted molar refractivity (Wildman–Crippen MR) is 80.1 cm³/mol. The van der Waals surface area contributed by atoms with Gasteiger partial charge in [0.15, 0.2) is 0 Å². The zero-order valence-electron chi connectivity index (χ0n) is 12.3. The molecule has 0 aliphatic rings. The van der Waals surface area contributed by atoms with E-state index >= 15 is 0 Å². The molecule has 1 aromatic carbocycles. The number of rotatable bonds is 6. The van der Waals surface area contributed by atoms with E-state index in [0.29, 0.717) is 18.5 Å². The molecule has 0 spiro atoms. The first-order valence-electron chi connectivity index (χ1n) is 6.76. The van der Waals surface area contributed by atoms with Crippen LogP contribution in [0.3, 0.4) is 0 Å². The molecule has 3 N–H and O–H groups in total. The number of carbonyl (C=O) groups excluding carboxylic acids is 2. The van der Waals surface area contributed by atoms with Gasteiger partial charge in [-0.1, -0.05) is 12.1 Å². The van der Waals surface area contributed by atoms with Crippen LogP contribution in [0.1, 0.15) is 25.8 Å². The van der Waals surface area contributed by atoms with Crippen LogP contribution in [0.15, 0.2) is 24.3 Å². The number of nitrogen functional groups attached to an aromatic ring is 1. The Balaban J connectivity index is 2.40. The molecule has 5 nitrogen and oxygen atoms in total. The number of benzene rings is 1. The van der Waals surface area contributed by atoms with Gasteiger partial charge in [0.2, 0.25) is 11.8 Å². The summed E-state index contributed by atoms with van der Waals surface area (Å²) in [6.07, 6.45) is 0.995. The van der Waals surface area contributed by atoms with Crippen LogP contribution in [0.2, 0.25) is 0 Å². The number of amides is 2. The van der Waals surface area contributed by atoms with Gasteiger partial charge in [-0.15, -0.1) is 0 Å². The normalized spacial score (nSPS) is 10.4. The summed E-state index contributed by atoms with van der Waals surface area (Å²) in [4.78, 5) is 25.0. The SMILES string of the molecule is CC(C)NC(=O)CN(C)C(=O)CCc1cccc(N)c1. The van der Waals surface area contributed by atoms with Crippen LogP contribution in [-0.4, -0.2) is 36.3 Å². The summed E-state index contributed by atoms with van der Waals surface area (Å²) < 4.78 is 0. The fraction of sp³-hybridized carbons (Fsp3) is 0.467. The van der Waals surface area contributed by atoms with Gasteiger partial charge >= 0.3 is 0 Å². The van der Waals surface area contributed by atoms with Crippen molar-refractivity contribution in [2.45, 2.75) is 32.7 Å². The molecule has 0 atom stereocenters. The average Bonchev–Trinajstić information content (AvgIpc) is 2.34. The number of nitrogens with one attached hydrogen (secondary N) is 1. The first kappa shape index (κ1) is 16.0. The maximum absolute atomic E-state index is 11.9. The first-order valence-corrected chi connectivity index (χ1v) is 6.76. The summed E-state index contributed by atoms with van der Waals surface area (Å²) >= 11 is 0. The van der Waals surface area contributed by atoms with Gasteiger partial charge in [0.1, 0.15) is 0 Å². The zero-order valence-corrected chi connectivity index (χ0v) is 12.3. The van der Waals surface area contributed by atoms with Gasteiger partial charge in [-0.05, 0) is 38.0 Å². The lowest BCUT2D eigenvalue weighted by Gasteiger charge is -2.18. The molecule has 0 saturated carbocycles. The third-order valence-corrected chi connectivity index (χ3v) is 2.83. The first-order chi connectivity index (χ1) is 9.38. The highest BCUT2D eigenvalue weighted by atomic mass is 16.2. The van der Waals surface area contributed by atoms with Crippen molar-refractivity contribution in [3.05, 3.63) is 29.8 Å². The quantitative estimate of drug-likeness (QED) is 0.767. The Kier molecular flexibility index (Phi) is 6.03. The Morgan fingerprint density at radius 1 is 1.35 bits per heavy atom. The second-order valence-electron chi connectivity index (χ2n) is 5.22. The molecule has 0 bridgehead atoms. The summed E-state index contributed by atoms with van der Waals surface area (Å²) in [5, 5.41) is 2.76. The number of hydrogen-bond donors (Lipinski definition) is 2. The highest BCUT2D eigenvalue weighted by Gasteiger charge is 2.13. The second-order valence-corrected chi connectivity index (χ2v) is 5.22. The highest BCUT2D eigenvalue weighted by molar-refractivity contribution is 5.84. The van der Waals surface area contributed by atoms with Crippen molar-refractivity contribution in [2.24, 2.45) is 0 Å². The molecule has 1 rings (SSSR count). The highest BCUT2D eigenvalue weighted by Crippen LogP contribution is 2.09. The third-order valence-electron chi connectivity index (χ3n) is 2.83. The van der Waals surface area contributed by atoms with Gasteiger partial charge < -0.3 is 16.0 Å². The molecule has 0 saturated heterocycles. The van der Waals surface area contributed by atoms with E-state index in [1.54, 1.807) is 7.05 Å². The monoisotopic (exact) mass is 277 g/mol. The lowest BCUT2D eigenvalue weighted by molar-refractivity contribution is -0.134. The van der Waals surface area contributed by atoms with Gasteiger partial charge in [0.25, 0.3) is 0 Å². The molecule has 0 aliphatic heterocycles. The maximum Gasteiger partial charge on any atom is 0.239 e. The topological polar surface area (TPSA) is 75.4 Å². The predicted octanol–water partition coefficient (Wildman–Crippen LogP) is 1.18. The Bertz CT molecular complexity index is 472. The van der Waals surface area contributed by atoms with E-state index in [0.717, 1.165) is 5.56 Å². The number of nitrogens with zero attached hydrogens (tertiary/aromatic N) is 1. The molecular weight excluding hydrogens is 254 g/mol. The molecule has 0 radical (unpaired) electrons. The lowest BCUT2D eigenvalue weighted by Crippen LogP contribution is -2.40. The molecule has 0 fully saturated rings. The lowest BCUT2D eigenvalue weighted by atomic mass is 10.1. The van der Waals surface area contributed by atoms with Gasteiger partial charge in [-0.2, -0.15) is 0 Å². The van der Waals surface area contributed by atoms with Crippen molar-refractivity contribution in [1.82, 2.24) is 10.2 Å². The summed E-state index contributed by atoms with van der Waals surface area (Å²) in [6.45, 7) is 3.87. The average molecular weight is 277 g/mol. The summed E-state index contributed by atoms with van der Waals surface area (Å²) in [5.74, 6) is -0.189. The molecule has 20 heavy (non-hydrogen) atoms. The Hall–Kier alpha value is -2.04. The van der Waals surface area contributed by atoms with Crippen molar-refractivity contribution < 1.29 is 9.59 Å². The second kappa shape index (κ2) is 7.53. The van der Waals surface area contributed by atoms with Crippen LogP contribution in [0.4, 0.5) is 5.69 Å². The third kappa shape index (κ3) is 5.73. The summed E-state index contributed by atoms with van der Waals surface area (Å²) in [7, 11) is 1.64. The minimum atomic E-state index is -0.139. The largest absolute Gasteiger partial charge is 0.399 e. The Morgan fingerprint density at radius 2 is 2.05 bits per heavy atom. The van der Waals surface area contributed by atoms with Crippen molar-refractivity contribution in [2.75, 3.05) is 19.3 Å². The molecule has 0 unspecified atom stereocenters. The number of hydrogen-bond acceptors (Lipinski definition) is 3. The van der Waals surface area contributed by atoms with Crippen LogP contribution in [0.5, 0.6) is 0 Å². The molecule has 0 aromatic heterocycles. The molecule has 0 aliphatic carbocycles.